The van der Waals surface area contributed by atoms with E-state index in [1.807, 2.05) is 0 Å². The number of carboxylic acids is 1. The van der Waals surface area contributed by atoms with Crippen LogP contribution in [-0.4, -0.2) is 36.5 Å². The Hall–Kier alpha value is -2.16. The molecule has 100 valence electrons. The van der Waals surface area contributed by atoms with E-state index in [0.29, 0.717) is 23.9 Å². The first-order valence-electron chi connectivity index (χ1n) is 5.32. The van der Waals surface area contributed by atoms with Gasteiger partial charge in [0.2, 0.25) is 6.39 Å². The number of carbonyl (C=O) groups is 1. The Kier molecular flexibility index (Phi) is 4.29. The minimum absolute atomic E-state index is 0.154. The Morgan fingerprint density at radius 1 is 1.53 bits per heavy atom. The molecule has 0 bridgehead atoms. The Morgan fingerprint density at radius 2 is 2.37 bits per heavy atom. The van der Waals surface area contributed by atoms with Crippen molar-refractivity contribution in [2.75, 3.05) is 5.75 Å². The second-order valence-corrected chi connectivity index (χ2v) is 4.46. The van der Waals surface area contributed by atoms with Crippen LogP contribution < -0.4 is 5.56 Å². The van der Waals surface area contributed by atoms with Crippen molar-refractivity contribution < 1.29 is 14.4 Å². The molecule has 8 nitrogen and oxygen atoms in total. The van der Waals surface area contributed by atoms with E-state index in [2.05, 4.69) is 19.6 Å². The summed E-state index contributed by atoms with van der Waals surface area (Å²) in [5.41, 5.74) is -0.399. The first-order chi connectivity index (χ1) is 9.15. The monoisotopic (exact) mass is 282 g/mol. The van der Waals surface area contributed by atoms with Crippen LogP contribution in [0.5, 0.6) is 0 Å². The smallest absolute Gasteiger partial charge is 0.313 e. The summed E-state index contributed by atoms with van der Waals surface area (Å²) in [4.78, 5) is 29.4. The van der Waals surface area contributed by atoms with E-state index >= 15 is 0 Å². The summed E-state index contributed by atoms with van der Waals surface area (Å²) < 4.78 is 6.30. The fraction of sp³-hybridized carbons (Fsp3) is 0.300. The van der Waals surface area contributed by atoms with Gasteiger partial charge in [0.15, 0.2) is 11.0 Å². The van der Waals surface area contributed by atoms with Crippen molar-refractivity contribution in [1.29, 1.82) is 0 Å². The molecule has 2 aromatic rings. The van der Waals surface area contributed by atoms with E-state index in [0.717, 1.165) is 11.8 Å². The van der Waals surface area contributed by atoms with E-state index in [-0.39, 0.29) is 5.75 Å². The number of carboxylic acid groups (broad SMARTS) is 1. The maximum absolute atomic E-state index is 11.2. The van der Waals surface area contributed by atoms with Crippen LogP contribution in [0, 0.1) is 0 Å². The third-order valence-corrected chi connectivity index (χ3v) is 3.13. The molecule has 0 aliphatic rings. The van der Waals surface area contributed by atoms with E-state index in [9.17, 15) is 9.59 Å². The van der Waals surface area contributed by atoms with Gasteiger partial charge in [-0.05, 0) is 0 Å². The molecule has 0 radical (unpaired) electrons. The van der Waals surface area contributed by atoms with Gasteiger partial charge in [-0.1, -0.05) is 16.9 Å². The van der Waals surface area contributed by atoms with Crippen molar-refractivity contribution in [3.05, 3.63) is 34.8 Å². The maximum Gasteiger partial charge on any atom is 0.313 e. The number of hydrogen-bond acceptors (Lipinski definition) is 7. The highest BCUT2D eigenvalue weighted by molar-refractivity contribution is 7.99. The molecule has 0 spiro atoms. The van der Waals surface area contributed by atoms with Gasteiger partial charge in [-0.25, -0.2) is 0 Å². The molecule has 0 atom stereocenters. The molecule has 0 aromatic carbocycles. The zero-order valence-electron chi connectivity index (χ0n) is 9.72. The number of aliphatic carboxylic acids is 1. The summed E-state index contributed by atoms with van der Waals surface area (Å²) >= 11 is 0.995. The molecule has 0 amide bonds. The van der Waals surface area contributed by atoms with E-state index < -0.39 is 11.5 Å². The molecule has 0 aliphatic heterocycles. The van der Waals surface area contributed by atoms with Crippen molar-refractivity contribution in [1.82, 2.24) is 19.7 Å². The molecule has 0 unspecified atom stereocenters. The van der Waals surface area contributed by atoms with Crippen LogP contribution in [0.3, 0.4) is 0 Å². The van der Waals surface area contributed by atoms with Crippen molar-refractivity contribution in [2.45, 2.75) is 18.1 Å². The minimum Gasteiger partial charge on any atom is -0.481 e. The van der Waals surface area contributed by atoms with E-state index in [1.165, 1.54) is 12.5 Å². The lowest BCUT2D eigenvalue weighted by atomic mass is 10.4. The zero-order chi connectivity index (χ0) is 13.7. The van der Waals surface area contributed by atoms with Gasteiger partial charge in [0.25, 0.3) is 5.56 Å². The predicted molar refractivity (Wildman–Crippen MR) is 64.9 cm³/mol. The molecule has 2 aromatic heterocycles. The van der Waals surface area contributed by atoms with Gasteiger partial charge in [-0.2, -0.15) is 9.97 Å². The third kappa shape index (κ3) is 3.91. The van der Waals surface area contributed by atoms with Crippen molar-refractivity contribution in [2.24, 2.45) is 0 Å². The van der Waals surface area contributed by atoms with Crippen molar-refractivity contribution in [3.8, 4) is 0 Å². The van der Waals surface area contributed by atoms with Crippen LogP contribution in [0.1, 0.15) is 5.82 Å². The Bertz CT molecular complexity index is 610. The van der Waals surface area contributed by atoms with Crippen LogP contribution in [0.15, 0.2) is 33.1 Å². The summed E-state index contributed by atoms with van der Waals surface area (Å²) in [6.45, 7) is 0.481. The van der Waals surface area contributed by atoms with Gasteiger partial charge in [0, 0.05) is 25.2 Å². The lowest BCUT2D eigenvalue weighted by Crippen LogP contribution is -2.15. The summed E-state index contributed by atoms with van der Waals surface area (Å²) in [6.07, 6.45) is 3.31. The van der Waals surface area contributed by atoms with Gasteiger partial charge in [0.1, 0.15) is 0 Å². The molecule has 9 heteroatoms. The molecule has 0 aliphatic carbocycles. The Balaban J connectivity index is 2.09. The van der Waals surface area contributed by atoms with Gasteiger partial charge in [-0.15, -0.1) is 0 Å². The molecule has 2 rings (SSSR count). The molecule has 0 saturated heterocycles. The fourth-order valence-corrected chi connectivity index (χ4v) is 2.07. The quantitative estimate of drug-likeness (QED) is 0.584. The fourth-order valence-electron chi connectivity index (χ4n) is 1.35. The normalized spacial score (nSPS) is 10.5. The van der Waals surface area contributed by atoms with E-state index in [4.69, 9.17) is 5.11 Å². The molecule has 0 saturated carbocycles. The summed E-state index contributed by atoms with van der Waals surface area (Å²) in [6, 6.07) is 1.32. The maximum atomic E-state index is 11.2. The number of nitrogens with zero attached hydrogens (tertiary/aromatic N) is 4. The number of thioether (sulfide) groups is 1. The van der Waals surface area contributed by atoms with Crippen molar-refractivity contribution >= 4 is 17.7 Å². The van der Waals surface area contributed by atoms with Gasteiger partial charge < -0.3 is 14.2 Å². The summed E-state index contributed by atoms with van der Waals surface area (Å²) in [5.74, 6) is -0.584. The van der Waals surface area contributed by atoms with Crippen LogP contribution in [0.2, 0.25) is 0 Å². The topological polar surface area (TPSA) is 111 Å². The van der Waals surface area contributed by atoms with E-state index in [1.54, 1.807) is 10.8 Å². The first kappa shape index (κ1) is 13.3. The summed E-state index contributed by atoms with van der Waals surface area (Å²) in [7, 11) is 0. The highest BCUT2D eigenvalue weighted by Crippen LogP contribution is 2.13. The molecule has 1 N–H and O–H groups in total. The van der Waals surface area contributed by atoms with Gasteiger partial charge in [0.05, 0.1) is 5.75 Å². The van der Waals surface area contributed by atoms with Gasteiger partial charge >= 0.3 is 5.97 Å². The average molecular weight is 282 g/mol. The minimum atomic E-state index is -0.965. The predicted octanol–water partition coefficient (Wildman–Crippen LogP) is 0.0457. The highest BCUT2D eigenvalue weighted by atomic mass is 32.2. The average Bonchev–Trinajstić information content (AvgIpc) is 2.88. The van der Waals surface area contributed by atoms with Crippen LogP contribution in [-0.2, 0) is 17.8 Å². The third-order valence-electron chi connectivity index (χ3n) is 2.16. The standard InChI is InChI=1S/C10H10N4O4S/c15-8-2-4-14(3-1-7-11-6-18-13-7)10(12-8)19-5-9(16)17/h2,4,6H,1,3,5H2,(H,16,17). The Labute approximate surface area is 111 Å². The second-order valence-electron chi connectivity index (χ2n) is 3.52. The molecular formula is C10H10N4O4S. The Morgan fingerprint density at radius 3 is 3.05 bits per heavy atom. The molecule has 19 heavy (non-hydrogen) atoms. The molecule has 0 fully saturated rings. The lowest BCUT2D eigenvalue weighted by molar-refractivity contribution is -0.133. The number of aromatic nitrogens is 4. The lowest BCUT2D eigenvalue weighted by Gasteiger charge is -2.09. The van der Waals surface area contributed by atoms with Gasteiger partial charge in [-0.3, -0.25) is 9.59 Å². The zero-order valence-corrected chi connectivity index (χ0v) is 10.5. The molecule has 2 heterocycles. The summed E-state index contributed by atoms with van der Waals surface area (Å²) in [5, 5.41) is 12.7. The SMILES string of the molecule is O=C(O)CSc1nc(=O)ccn1CCc1ncon1. The number of hydrogen-bond donors (Lipinski definition) is 1. The second kappa shape index (κ2) is 6.14. The number of rotatable bonds is 6. The van der Waals surface area contributed by atoms with Crippen LogP contribution >= 0.6 is 11.8 Å². The first-order valence-corrected chi connectivity index (χ1v) is 6.31. The van der Waals surface area contributed by atoms with Crippen LogP contribution in [0.25, 0.3) is 0 Å². The highest BCUT2D eigenvalue weighted by Gasteiger charge is 2.08. The number of aryl methyl sites for hydroxylation is 2. The molecular weight excluding hydrogens is 272 g/mol. The van der Waals surface area contributed by atoms with Crippen LogP contribution in [0.4, 0.5) is 0 Å². The van der Waals surface area contributed by atoms with Crippen molar-refractivity contribution in [3.63, 3.8) is 0 Å². The largest absolute Gasteiger partial charge is 0.481 e.